The Labute approximate surface area is 214 Å². The molecule has 0 radical (unpaired) electrons. The zero-order valence-electron chi connectivity index (χ0n) is 21.5. The summed E-state index contributed by atoms with van der Waals surface area (Å²) in [5.74, 6) is 3.11. The van der Waals surface area contributed by atoms with E-state index >= 15 is 0 Å². The van der Waals surface area contributed by atoms with Gasteiger partial charge >= 0.3 is 0 Å². The lowest BCUT2D eigenvalue weighted by atomic mass is 9.45. The monoisotopic (exact) mass is 482 g/mol. The number of aliphatic hydroxyl groups is 1. The molecule has 0 amide bonds. The number of aliphatic hydroxyl groups excluding tert-OH is 1. The highest BCUT2D eigenvalue weighted by atomic mass is 16.3. The molecule has 0 saturated heterocycles. The Morgan fingerprint density at radius 1 is 0.861 bits per heavy atom. The van der Waals surface area contributed by atoms with Crippen LogP contribution in [0, 0.1) is 34.5 Å². The molecule has 2 aromatic carbocycles. The lowest BCUT2D eigenvalue weighted by Crippen LogP contribution is -2.54. The first kappa shape index (κ1) is 22.6. The molecule has 7 rings (SSSR count). The molecule has 4 heteroatoms. The van der Waals surface area contributed by atoms with Crippen molar-refractivity contribution in [2.75, 3.05) is 0 Å². The quantitative estimate of drug-likeness (QED) is 0.435. The van der Waals surface area contributed by atoms with Crippen LogP contribution in [0.1, 0.15) is 63.6 Å². The van der Waals surface area contributed by atoms with Crippen LogP contribution in [0.4, 0.5) is 0 Å². The van der Waals surface area contributed by atoms with Crippen LogP contribution in [-0.2, 0) is 12.8 Å². The molecular weight excluding hydrogens is 444 g/mol. The molecule has 3 fully saturated rings. The van der Waals surface area contributed by atoms with Gasteiger partial charge in [0.05, 0.1) is 23.2 Å². The van der Waals surface area contributed by atoms with Crippen LogP contribution in [0.2, 0.25) is 0 Å². The number of aromatic nitrogens is 2. The molecule has 4 aliphatic rings. The zero-order valence-corrected chi connectivity index (χ0v) is 21.5. The van der Waals surface area contributed by atoms with E-state index < -0.39 is 0 Å². The van der Waals surface area contributed by atoms with Crippen molar-refractivity contribution in [2.45, 2.75) is 71.3 Å². The van der Waals surface area contributed by atoms with Crippen molar-refractivity contribution in [2.24, 2.45) is 34.5 Å². The Kier molecular flexibility index (Phi) is 4.99. The number of hydrogen-bond donors (Lipinski definition) is 2. The molecule has 3 aromatic rings. The van der Waals surface area contributed by atoms with E-state index in [1.165, 1.54) is 49.1 Å². The number of rotatable bonds is 2. The molecule has 7 atom stereocenters. The van der Waals surface area contributed by atoms with Crippen LogP contribution in [-0.4, -0.2) is 26.1 Å². The van der Waals surface area contributed by atoms with Crippen molar-refractivity contribution in [3.05, 3.63) is 65.9 Å². The van der Waals surface area contributed by atoms with E-state index in [2.05, 4.69) is 48.9 Å². The van der Waals surface area contributed by atoms with E-state index in [1.54, 1.807) is 12.1 Å². The highest BCUT2D eigenvalue weighted by Gasteiger charge is 2.60. The number of benzene rings is 2. The second kappa shape index (κ2) is 7.95. The van der Waals surface area contributed by atoms with Gasteiger partial charge < -0.3 is 10.2 Å². The summed E-state index contributed by atoms with van der Waals surface area (Å²) >= 11 is 0. The summed E-state index contributed by atoms with van der Waals surface area (Å²) in [5.41, 5.74) is 6.46. The number of para-hydroxylation sites is 1. The number of aromatic hydroxyl groups is 1. The van der Waals surface area contributed by atoms with E-state index in [-0.39, 0.29) is 16.9 Å². The number of fused-ring (bicyclic) bond motifs is 6. The SMILES string of the molecule is C[C@]12Cc3c(nn(-c4ccccc4)c3-c3ccc(O)cc3)C[C@@H]1CC[C@@H]1[C@@H]2CC[C@]2(C)[C@@H](O)CC[C@@H]12. The lowest BCUT2D eigenvalue weighted by molar-refractivity contribution is -0.111. The highest BCUT2D eigenvalue weighted by molar-refractivity contribution is 5.68. The van der Waals surface area contributed by atoms with Crippen LogP contribution in [0.5, 0.6) is 5.75 Å². The Morgan fingerprint density at radius 2 is 1.61 bits per heavy atom. The lowest BCUT2D eigenvalue weighted by Gasteiger charge is -2.60. The van der Waals surface area contributed by atoms with Gasteiger partial charge in [-0.15, -0.1) is 0 Å². The first-order valence-electron chi connectivity index (χ1n) is 14.0. The summed E-state index contributed by atoms with van der Waals surface area (Å²) in [6.45, 7) is 4.97. The summed E-state index contributed by atoms with van der Waals surface area (Å²) < 4.78 is 2.15. The Bertz CT molecular complexity index is 1280. The topological polar surface area (TPSA) is 58.3 Å². The van der Waals surface area contributed by atoms with Gasteiger partial charge in [0, 0.05) is 11.1 Å². The molecule has 2 N–H and O–H groups in total. The fourth-order valence-corrected chi connectivity index (χ4v) is 9.25. The van der Waals surface area contributed by atoms with Gasteiger partial charge in [-0.25, -0.2) is 4.68 Å². The van der Waals surface area contributed by atoms with Crippen molar-refractivity contribution >= 4 is 0 Å². The average molecular weight is 483 g/mol. The summed E-state index contributed by atoms with van der Waals surface area (Å²) in [7, 11) is 0. The van der Waals surface area contributed by atoms with Gasteiger partial charge in [-0.2, -0.15) is 5.10 Å². The third-order valence-corrected chi connectivity index (χ3v) is 11.2. The fourth-order valence-electron chi connectivity index (χ4n) is 9.25. The minimum absolute atomic E-state index is 0.114. The normalized spacial score (nSPS) is 37.0. The fraction of sp³-hybridized carbons (Fsp3) is 0.531. The molecule has 0 unspecified atom stereocenters. The minimum atomic E-state index is -0.114. The van der Waals surface area contributed by atoms with Crippen molar-refractivity contribution < 1.29 is 10.2 Å². The number of phenolic OH excluding ortho intramolecular Hbond substituents is 1. The maximum Gasteiger partial charge on any atom is 0.115 e. The summed E-state index contributed by atoms with van der Waals surface area (Å²) in [6.07, 6.45) is 9.23. The molecule has 4 aliphatic carbocycles. The number of phenols is 1. The number of nitrogens with zero attached hydrogens (tertiary/aromatic N) is 2. The minimum Gasteiger partial charge on any atom is -0.508 e. The number of hydrogen-bond acceptors (Lipinski definition) is 3. The standard InChI is InChI=1S/C32H38N2O2/c1-31-17-16-27-24(26(31)14-15-29(31)36)13-10-21-18-28-25(19-32(21,27)2)30(20-8-11-23(35)12-9-20)34(33-28)22-6-4-3-5-7-22/h3-9,11-12,21,24,26-27,29,35-36H,10,13-19H2,1-2H3/t21-,24-,26-,27-,29-,31-,32-/m0/s1. The molecule has 0 bridgehead atoms. The van der Waals surface area contributed by atoms with E-state index in [0.29, 0.717) is 17.6 Å². The molecule has 36 heavy (non-hydrogen) atoms. The van der Waals surface area contributed by atoms with Crippen LogP contribution in [0.3, 0.4) is 0 Å². The summed E-state index contributed by atoms with van der Waals surface area (Å²) in [6, 6.07) is 18.2. The van der Waals surface area contributed by atoms with Crippen LogP contribution in [0.15, 0.2) is 54.6 Å². The summed E-state index contributed by atoms with van der Waals surface area (Å²) in [5, 5.41) is 26.1. The zero-order chi connectivity index (χ0) is 24.7. The largest absolute Gasteiger partial charge is 0.508 e. The molecular formula is C32H38N2O2. The molecule has 4 nitrogen and oxygen atoms in total. The molecule has 0 spiro atoms. The van der Waals surface area contributed by atoms with Crippen LogP contribution in [0.25, 0.3) is 16.9 Å². The van der Waals surface area contributed by atoms with E-state index in [9.17, 15) is 10.2 Å². The Morgan fingerprint density at radius 3 is 2.39 bits per heavy atom. The van der Waals surface area contributed by atoms with Gasteiger partial charge in [0.2, 0.25) is 0 Å². The smallest absolute Gasteiger partial charge is 0.115 e. The van der Waals surface area contributed by atoms with E-state index in [4.69, 9.17) is 5.10 Å². The van der Waals surface area contributed by atoms with Gasteiger partial charge in [0.25, 0.3) is 0 Å². The third-order valence-electron chi connectivity index (χ3n) is 11.2. The average Bonchev–Trinajstić information content (AvgIpc) is 3.40. The van der Waals surface area contributed by atoms with Crippen molar-refractivity contribution in [3.8, 4) is 22.7 Å². The molecule has 3 saturated carbocycles. The van der Waals surface area contributed by atoms with Crippen molar-refractivity contribution in [1.82, 2.24) is 9.78 Å². The van der Waals surface area contributed by atoms with E-state index in [1.807, 2.05) is 12.1 Å². The molecule has 188 valence electrons. The van der Waals surface area contributed by atoms with Crippen LogP contribution < -0.4 is 0 Å². The molecule has 1 heterocycles. The van der Waals surface area contributed by atoms with Gasteiger partial charge in [-0.05, 0) is 122 Å². The first-order chi connectivity index (χ1) is 17.4. The Hall–Kier alpha value is -2.59. The third kappa shape index (κ3) is 3.13. The Balaban J connectivity index is 1.33. The molecule has 0 aliphatic heterocycles. The summed E-state index contributed by atoms with van der Waals surface area (Å²) in [4.78, 5) is 0. The predicted octanol–water partition coefficient (Wildman–Crippen LogP) is 6.56. The van der Waals surface area contributed by atoms with Gasteiger partial charge in [-0.3, -0.25) is 0 Å². The van der Waals surface area contributed by atoms with Crippen LogP contribution >= 0.6 is 0 Å². The first-order valence-corrected chi connectivity index (χ1v) is 14.0. The molecule has 1 aromatic heterocycles. The van der Waals surface area contributed by atoms with E-state index in [0.717, 1.165) is 42.3 Å². The maximum absolute atomic E-state index is 10.9. The maximum atomic E-state index is 10.9. The second-order valence-corrected chi connectivity index (χ2v) is 12.7. The predicted molar refractivity (Wildman–Crippen MR) is 142 cm³/mol. The highest BCUT2D eigenvalue weighted by Crippen LogP contribution is 2.65. The van der Waals surface area contributed by atoms with Gasteiger partial charge in [-0.1, -0.05) is 32.0 Å². The van der Waals surface area contributed by atoms with Gasteiger partial charge in [0.15, 0.2) is 0 Å². The van der Waals surface area contributed by atoms with Crippen molar-refractivity contribution in [1.29, 1.82) is 0 Å². The van der Waals surface area contributed by atoms with Crippen molar-refractivity contribution in [3.63, 3.8) is 0 Å². The van der Waals surface area contributed by atoms with Gasteiger partial charge in [0.1, 0.15) is 5.75 Å². The second-order valence-electron chi connectivity index (χ2n) is 12.7.